The lowest BCUT2D eigenvalue weighted by Crippen LogP contribution is -2.30. The number of hydrogen-bond donors (Lipinski definition) is 2. The maximum atomic E-state index is 11.2. The molecule has 0 aromatic heterocycles. The van der Waals surface area contributed by atoms with Crippen molar-refractivity contribution in [3.63, 3.8) is 0 Å². The number of carboxylic acids is 1. The van der Waals surface area contributed by atoms with E-state index in [1.54, 1.807) is 19.2 Å². The first kappa shape index (κ1) is 11.9. The average Bonchev–Trinajstić information content (AvgIpc) is 3.13. The minimum Gasteiger partial charge on any atom is -0.497 e. The Balaban J connectivity index is 2.09. The molecular weight excluding hydrogens is 218 g/mol. The van der Waals surface area contributed by atoms with Crippen molar-refractivity contribution in [2.45, 2.75) is 18.9 Å². The Morgan fingerprint density at radius 1 is 1.59 bits per heavy atom. The summed E-state index contributed by atoms with van der Waals surface area (Å²) in [6, 6.07) is 6.54. The largest absolute Gasteiger partial charge is 0.497 e. The van der Waals surface area contributed by atoms with Crippen LogP contribution in [0.3, 0.4) is 0 Å². The topological polar surface area (TPSA) is 58.6 Å². The molecule has 1 aromatic rings. The van der Waals surface area contributed by atoms with E-state index in [1.807, 2.05) is 12.1 Å². The van der Waals surface area contributed by atoms with Crippen LogP contribution in [0.2, 0.25) is 0 Å². The molecule has 0 bridgehead atoms. The fraction of sp³-hybridized carbons (Fsp3) is 0.462. The number of methoxy groups -OCH3 is 1. The zero-order chi connectivity index (χ0) is 12.3. The summed E-state index contributed by atoms with van der Waals surface area (Å²) in [6.45, 7) is 0.772. The van der Waals surface area contributed by atoms with Crippen molar-refractivity contribution >= 4 is 5.97 Å². The van der Waals surface area contributed by atoms with Crippen LogP contribution in [0, 0.1) is 5.92 Å². The molecule has 4 nitrogen and oxygen atoms in total. The zero-order valence-electron chi connectivity index (χ0n) is 9.85. The van der Waals surface area contributed by atoms with E-state index in [4.69, 9.17) is 4.74 Å². The summed E-state index contributed by atoms with van der Waals surface area (Å²) in [7, 11) is 1.58. The standard InChI is InChI=1S/C13H17NO3/c1-17-11-4-2-3-10(7-11)12(13(15)16)14-8-9-5-6-9/h2-4,7,9,12,14H,5-6,8H2,1H3,(H,15,16). The van der Waals surface area contributed by atoms with Crippen molar-refractivity contribution in [1.82, 2.24) is 5.32 Å². The third kappa shape index (κ3) is 3.20. The molecule has 92 valence electrons. The molecule has 4 heteroatoms. The van der Waals surface area contributed by atoms with Crippen molar-refractivity contribution in [3.05, 3.63) is 29.8 Å². The second kappa shape index (κ2) is 5.19. The normalized spacial score (nSPS) is 16.5. The molecule has 1 fully saturated rings. The Hall–Kier alpha value is -1.55. The van der Waals surface area contributed by atoms with Gasteiger partial charge in [-0.1, -0.05) is 12.1 Å². The van der Waals surface area contributed by atoms with Gasteiger partial charge in [0.05, 0.1) is 7.11 Å². The van der Waals surface area contributed by atoms with Gasteiger partial charge in [-0.2, -0.15) is 0 Å². The summed E-state index contributed by atoms with van der Waals surface area (Å²) < 4.78 is 5.10. The molecular formula is C13H17NO3. The number of ether oxygens (including phenoxy) is 1. The van der Waals surface area contributed by atoms with Crippen LogP contribution in [0.15, 0.2) is 24.3 Å². The van der Waals surface area contributed by atoms with E-state index in [-0.39, 0.29) is 0 Å². The van der Waals surface area contributed by atoms with Gasteiger partial charge in [-0.25, -0.2) is 0 Å². The second-order valence-corrected chi connectivity index (χ2v) is 4.40. The monoisotopic (exact) mass is 235 g/mol. The molecule has 1 aromatic carbocycles. The summed E-state index contributed by atoms with van der Waals surface area (Å²) in [6.07, 6.45) is 2.41. The molecule has 0 heterocycles. The molecule has 1 aliphatic carbocycles. The SMILES string of the molecule is COc1cccc(C(NCC2CC2)C(=O)O)c1. The van der Waals surface area contributed by atoms with Gasteiger partial charge >= 0.3 is 5.97 Å². The number of hydrogen-bond acceptors (Lipinski definition) is 3. The minimum atomic E-state index is -0.848. The summed E-state index contributed by atoms with van der Waals surface area (Å²) >= 11 is 0. The van der Waals surface area contributed by atoms with E-state index < -0.39 is 12.0 Å². The average molecular weight is 235 g/mol. The van der Waals surface area contributed by atoms with Crippen LogP contribution in [0.1, 0.15) is 24.4 Å². The highest BCUT2D eigenvalue weighted by Gasteiger charge is 2.25. The van der Waals surface area contributed by atoms with Crippen molar-refractivity contribution in [2.75, 3.05) is 13.7 Å². The van der Waals surface area contributed by atoms with Crippen LogP contribution in [0.5, 0.6) is 5.75 Å². The second-order valence-electron chi connectivity index (χ2n) is 4.40. The number of benzene rings is 1. The van der Waals surface area contributed by atoms with Gasteiger partial charge in [-0.05, 0) is 43.0 Å². The van der Waals surface area contributed by atoms with E-state index in [9.17, 15) is 9.90 Å². The minimum absolute atomic E-state index is 0.648. The summed E-state index contributed by atoms with van der Waals surface area (Å²) in [4.78, 5) is 11.2. The van der Waals surface area contributed by atoms with E-state index >= 15 is 0 Å². The van der Waals surface area contributed by atoms with Gasteiger partial charge in [0.1, 0.15) is 11.8 Å². The van der Waals surface area contributed by atoms with E-state index in [1.165, 1.54) is 12.8 Å². The lowest BCUT2D eigenvalue weighted by atomic mass is 10.1. The van der Waals surface area contributed by atoms with E-state index in [0.29, 0.717) is 11.7 Å². The van der Waals surface area contributed by atoms with Crippen LogP contribution < -0.4 is 10.1 Å². The summed E-state index contributed by atoms with van der Waals surface area (Å²) in [5.41, 5.74) is 0.734. The molecule has 0 radical (unpaired) electrons. The first-order valence-corrected chi connectivity index (χ1v) is 5.81. The first-order valence-electron chi connectivity index (χ1n) is 5.81. The maximum Gasteiger partial charge on any atom is 0.325 e. The van der Waals surface area contributed by atoms with E-state index in [2.05, 4.69) is 5.32 Å². The lowest BCUT2D eigenvalue weighted by Gasteiger charge is -2.15. The van der Waals surface area contributed by atoms with Gasteiger partial charge in [0, 0.05) is 0 Å². The van der Waals surface area contributed by atoms with Crippen molar-refractivity contribution in [3.8, 4) is 5.75 Å². The Bertz CT molecular complexity index is 401. The van der Waals surface area contributed by atoms with Gasteiger partial charge in [0.2, 0.25) is 0 Å². The van der Waals surface area contributed by atoms with Gasteiger partial charge in [0.25, 0.3) is 0 Å². The molecule has 2 N–H and O–H groups in total. The third-order valence-electron chi connectivity index (χ3n) is 2.98. The zero-order valence-corrected chi connectivity index (χ0v) is 9.85. The number of nitrogens with one attached hydrogen (secondary N) is 1. The lowest BCUT2D eigenvalue weighted by molar-refractivity contribution is -0.139. The molecule has 2 rings (SSSR count). The summed E-state index contributed by atoms with van der Waals surface area (Å²) in [5, 5.41) is 12.3. The molecule has 1 unspecified atom stereocenters. The van der Waals surface area contributed by atoms with Crippen LogP contribution in [-0.2, 0) is 4.79 Å². The van der Waals surface area contributed by atoms with Crippen LogP contribution in [0.25, 0.3) is 0 Å². The Kier molecular flexibility index (Phi) is 3.64. The van der Waals surface area contributed by atoms with E-state index in [0.717, 1.165) is 12.1 Å². The molecule has 1 atom stereocenters. The predicted molar refractivity (Wildman–Crippen MR) is 64.1 cm³/mol. The highest BCUT2D eigenvalue weighted by atomic mass is 16.5. The third-order valence-corrected chi connectivity index (χ3v) is 2.98. The van der Waals surface area contributed by atoms with Gasteiger partial charge in [-0.15, -0.1) is 0 Å². The quantitative estimate of drug-likeness (QED) is 0.789. The molecule has 17 heavy (non-hydrogen) atoms. The Morgan fingerprint density at radius 3 is 2.94 bits per heavy atom. The van der Waals surface area contributed by atoms with Crippen LogP contribution in [-0.4, -0.2) is 24.7 Å². The number of carbonyl (C=O) groups is 1. The predicted octanol–water partition coefficient (Wildman–Crippen LogP) is 1.82. The van der Waals surface area contributed by atoms with Crippen LogP contribution >= 0.6 is 0 Å². The Morgan fingerprint density at radius 2 is 2.35 bits per heavy atom. The first-order chi connectivity index (χ1) is 8.20. The van der Waals surface area contributed by atoms with Gasteiger partial charge in [-0.3, -0.25) is 4.79 Å². The molecule has 0 saturated heterocycles. The van der Waals surface area contributed by atoms with Gasteiger partial charge in [0.15, 0.2) is 0 Å². The summed E-state index contributed by atoms with van der Waals surface area (Å²) in [5.74, 6) is 0.489. The molecule has 1 saturated carbocycles. The van der Waals surface area contributed by atoms with Crippen LogP contribution in [0.4, 0.5) is 0 Å². The number of aliphatic carboxylic acids is 1. The smallest absolute Gasteiger partial charge is 0.325 e. The number of carboxylic acid groups (broad SMARTS) is 1. The molecule has 1 aliphatic rings. The fourth-order valence-corrected chi connectivity index (χ4v) is 1.78. The fourth-order valence-electron chi connectivity index (χ4n) is 1.78. The Labute approximate surface area is 101 Å². The number of rotatable bonds is 6. The maximum absolute atomic E-state index is 11.2. The van der Waals surface area contributed by atoms with Crippen molar-refractivity contribution < 1.29 is 14.6 Å². The highest BCUT2D eigenvalue weighted by Crippen LogP contribution is 2.29. The molecule has 0 spiro atoms. The van der Waals surface area contributed by atoms with Crippen molar-refractivity contribution in [1.29, 1.82) is 0 Å². The van der Waals surface area contributed by atoms with Crippen molar-refractivity contribution in [2.24, 2.45) is 5.92 Å². The molecule has 0 aliphatic heterocycles. The highest BCUT2D eigenvalue weighted by molar-refractivity contribution is 5.75. The molecule has 0 amide bonds. The van der Waals surface area contributed by atoms with Gasteiger partial charge < -0.3 is 15.2 Å².